The lowest BCUT2D eigenvalue weighted by Gasteiger charge is -2.12. The molecule has 11 aromatic rings. The number of rotatable bonds is 4. The van der Waals surface area contributed by atoms with Crippen LogP contribution in [0, 0.1) is 0 Å². The van der Waals surface area contributed by atoms with E-state index in [1.165, 1.54) is 93.1 Å². The smallest absolute Gasteiger partial charge is 0.0547 e. The number of para-hydroxylation sites is 2. The number of nitrogens with zero attached hydrogens (tertiary/aromatic N) is 2. The number of hydrogen-bond donors (Lipinski definition) is 0. The van der Waals surface area contributed by atoms with Gasteiger partial charge in [0.15, 0.2) is 0 Å². The first-order valence-electron chi connectivity index (χ1n) is 17.9. The second-order valence-corrected chi connectivity index (χ2v) is 13.8. The van der Waals surface area contributed by atoms with E-state index in [0.29, 0.717) is 0 Å². The van der Waals surface area contributed by atoms with Gasteiger partial charge in [-0.1, -0.05) is 140 Å². The Labute approximate surface area is 301 Å². The van der Waals surface area contributed by atoms with Crippen molar-refractivity contribution < 1.29 is 0 Å². The molecule has 9 aromatic carbocycles. The average molecular weight is 661 g/mol. The fourth-order valence-corrected chi connectivity index (χ4v) is 8.34. The largest absolute Gasteiger partial charge is 0.309 e. The highest BCUT2D eigenvalue weighted by Crippen LogP contribution is 2.39. The van der Waals surface area contributed by atoms with Crippen molar-refractivity contribution in [2.75, 3.05) is 0 Å². The van der Waals surface area contributed by atoms with Crippen LogP contribution < -0.4 is 0 Å². The van der Waals surface area contributed by atoms with Gasteiger partial charge >= 0.3 is 0 Å². The summed E-state index contributed by atoms with van der Waals surface area (Å²) < 4.78 is 4.84. The number of benzene rings is 9. The van der Waals surface area contributed by atoms with Crippen LogP contribution in [0.5, 0.6) is 0 Å². The van der Waals surface area contributed by atoms with Gasteiger partial charge in [0.05, 0.1) is 22.1 Å². The summed E-state index contributed by atoms with van der Waals surface area (Å²) in [4.78, 5) is 0. The van der Waals surface area contributed by atoms with Crippen molar-refractivity contribution in [2.24, 2.45) is 0 Å². The van der Waals surface area contributed by atoms with Gasteiger partial charge in [-0.15, -0.1) is 0 Å². The van der Waals surface area contributed by atoms with Crippen molar-refractivity contribution in [1.29, 1.82) is 0 Å². The van der Waals surface area contributed by atoms with Crippen LogP contribution in [0.4, 0.5) is 0 Å². The Kier molecular flexibility index (Phi) is 6.28. The molecule has 0 spiro atoms. The number of hydrogen-bond acceptors (Lipinski definition) is 0. The normalized spacial score (nSPS) is 11.8. The highest BCUT2D eigenvalue weighted by molar-refractivity contribution is 6.12. The molecule has 2 heteroatoms. The standard InChI is InChI=1S/C50H32N2/c1-3-11-36-29-38(18-17-33(36)9-1)35-19-24-41(25-20-35)51-47-15-7-5-13-43(47)45-27-22-39(31-49(45)51)40-23-28-46-44-14-6-8-16-48(44)52(50(46)32-40)42-26-21-34-10-2-4-12-37(34)30-42/h1-32H. The molecule has 2 nitrogen and oxygen atoms in total. The van der Waals surface area contributed by atoms with Gasteiger partial charge in [-0.25, -0.2) is 0 Å². The van der Waals surface area contributed by atoms with Crippen LogP contribution in [0.2, 0.25) is 0 Å². The maximum absolute atomic E-state index is 2.42. The zero-order valence-electron chi connectivity index (χ0n) is 28.4. The van der Waals surface area contributed by atoms with Gasteiger partial charge in [0.25, 0.3) is 0 Å². The zero-order chi connectivity index (χ0) is 34.2. The van der Waals surface area contributed by atoms with Crippen LogP contribution in [0.15, 0.2) is 194 Å². The Hall–Kier alpha value is -6.90. The molecular weight excluding hydrogens is 629 g/mol. The molecule has 0 aliphatic rings. The molecular formula is C50H32N2. The van der Waals surface area contributed by atoms with Gasteiger partial charge in [0.2, 0.25) is 0 Å². The van der Waals surface area contributed by atoms with Gasteiger partial charge in [-0.05, 0) is 98.4 Å². The lowest BCUT2D eigenvalue weighted by molar-refractivity contribution is 1.18. The third kappa shape index (κ3) is 4.44. The molecule has 0 saturated carbocycles. The van der Waals surface area contributed by atoms with Crippen molar-refractivity contribution in [3.8, 4) is 33.6 Å². The minimum Gasteiger partial charge on any atom is -0.309 e. The summed E-state index contributed by atoms with van der Waals surface area (Å²) in [6.45, 7) is 0. The van der Waals surface area contributed by atoms with Crippen molar-refractivity contribution in [2.45, 2.75) is 0 Å². The van der Waals surface area contributed by atoms with Crippen LogP contribution in [-0.4, -0.2) is 9.13 Å². The highest BCUT2D eigenvalue weighted by Gasteiger charge is 2.16. The Morgan fingerprint density at radius 1 is 0.231 bits per heavy atom. The minimum atomic E-state index is 1.15. The van der Waals surface area contributed by atoms with E-state index in [2.05, 4.69) is 203 Å². The van der Waals surface area contributed by atoms with E-state index in [1.807, 2.05) is 0 Å². The molecule has 242 valence electrons. The first-order chi connectivity index (χ1) is 25.8. The summed E-state index contributed by atoms with van der Waals surface area (Å²) in [5, 5.41) is 10.0. The van der Waals surface area contributed by atoms with Gasteiger partial charge in [0.1, 0.15) is 0 Å². The molecule has 0 unspecified atom stereocenters. The van der Waals surface area contributed by atoms with Gasteiger partial charge in [-0.3, -0.25) is 0 Å². The first kappa shape index (κ1) is 28.9. The highest BCUT2D eigenvalue weighted by atomic mass is 15.0. The fourth-order valence-electron chi connectivity index (χ4n) is 8.34. The summed E-state index contributed by atoms with van der Waals surface area (Å²) in [6, 6.07) is 71.1. The predicted molar refractivity (Wildman–Crippen MR) is 221 cm³/mol. The maximum Gasteiger partial charge on any atom is 0.0547 e. The Morgan fingerprint density at radius 2 is 0.635 bits per heavy atom. The van der Waals surface area contributed by atoms with E-state index >= 15 is 0 Å². The molecule has 0 bridgehead atoms. The van der Waals surface area contributed by atoms with Gasteiger partial charge in [-0.2, -0.15) is 0 Å². The van der Waals surface area contributed by atoms with Gasteiger partial charge < -0.3 is 9.13 Å². The zero-order valence-corrected chi connectivity index (χ0v) is 28.4. The number of aromatic nitrogens is 2. The molecule has 2 aromatic heterocycles. The number of fused-ring (bicyclic) bond motifs is 8. The molecule has 0 N–H and O–H groups in total. The topological polar surface area (TPSA) is 9.86 Å². The minimum absolute atomic E-state index is 1.15. The van der Waals surface area contributed by atoms with Crippen molar-refractivity contribution >= 4 is 65.2 Å². The van der Waals surface area contributed by atoms with Crippen molar-refractivity contribution in [3.63, 3.8) is 0 Å². The summed E-state index contributed by atoms with van der Waals surface area (Å²) in [6.07, 6.45) is 0. The molecule has 0 atom stereocenters. The average Bonchev–Trinajstić information content (AvgIpc) is 3.72. The van der Waals surface area contributed by atoms with E-state index in [0.717, 1.165) is 5.69 Å². The van der Waals surface area contributed by atoms with Crippen LogP contribution in [-0.2, 0) is 0 Å². The monoisotopic (exact) mass is 660 g/mol. The second kappa shape index (κ2) is 11.3. The van der Waals surface area contributed by atoms with Crippen molar-refractivity contribution in [3.05, 3.63) is 194 Å². The van der Waals surface area contributed by atoms with Crippen LogP contribution in [0.1, 0.15) is 0 Å². The third-order valence-corrected chi connectivity index (χ3v) is 10.9. The van der Waals surface area contributed by atoms with Gasteiger partial charge in [0, 0.05) is 32.9 Å². The molecule has 2 heterocycles. The Bertz CT molecular complexity index is 3180. The van der Waals surface area contributed by atoms with Crippen molar-refractivity contribution in [1.82, 2.24) is 9.13 Å². The third-order valence-electron chi connectivity index (χ3n) is 10.9. The molecule has 0 saturated heterocycles. The fraction of sp³-hybridized carbons (Fsp3) is 0. The van der Waals surface area contributed by atoms with E-state index in [9.17, 15) is 0 Å². The molecule has 0 aliphatic carbocycles. The molecule has 0 fully saturated rings. The molecule has 0 radical (unpaired) electrons. The van der Waals surface area contributed by atoms with E-state index in [-0.39, 0.29) is 0 Å². The maximum atomic E-state index is 2.42. The summed E-state index contributed by atoms with van der Waals surface area (Å²) in [5.74, 6) is 0. The predicted octanol–water partition coefficient (Wildman–Crippen LogP) is 13.5. The summed E-state index contributed by atoms with van der Waals surface area (Å²) in [5.41, 5.74) is 12.0. The summed E-state index contributed by atoms with van der Waals surface area (Å²) in [7, 11) is 0. The van der Waals surface area contributed by atoms with Crippen LogP contribution in [0.25, 0.3) is 98.8 Å². The molecule has 11 rings (SSSR count). The Balaban J connectivity index is 1.07. The summed E-state index contributed by atoms with van der Waals surface area (Å²) >= 11 is 0. The van der Waals surface area contributed by atoms with Crippen LogP contribution in [0.3, 0.4) is 0 Å². The Morgan fingerprint density at radius 3 is 1.25 bits per heavy atom. The lowest BCUT2D eigenvalue weighted by Crippen LogP contribution is -1.95. The van der Waals surface area contributed by atoms with E-state index < -0.39 is 0 Å². The lowest BCUT2D eigenvalue weighted by atomic mass is 10.0. The van der Waals surface area contributed by atoms with Crippen LogP contribution >= 0.6 is 0 Å². The molecule has 0 aliphatic heterocycles. The van der Waals surface area contributed by atoms with E-state index in [4.69, 9.17) is 0 Å². The molecule has 52 heavy (non-hydrogen) atoms. The first-order valence-corrected chi connectivity index (χ1v) is 17.9. The van der Waals surface area contributed by atoms with E-state index in [1.54, 1.807) is 0 Å². The second-order valence-electron chi connectivity index (χ2n) is 13.8. The quantitative estimate of drug-likeness (QED) is 0.178. The molecule has 0 amide bonds. The SMILES string of the molecule is c1ccc2cc(-c3ccc(-n4c5ccccc5c5ccc(-c6ccc7c8ccccc8n(-c8ccc9ccccc9c8)c7c6)cc54)cc3)ccc2c1.